The van der Waals surface area contributed by atoms with Gasteiger partial charge in [0.05, 0.1) is 13.7 Å². The predicted octanol–water partition coefficient (Wildman–Crippen LogP) is 3.30. The zero-order valence-corrected chi connectivity index (χ0v) is 7.32. The third kappa shape index (κ3) is 2.09. The summed E-state index contributed by atoms with van der Waals surface area (Å²) in [5, 5.41) is 1.22. The van der Waals surface area contributed by atoms with E-state index in [0.29, 0.717) is 16.7 Å². The van der Waals surface area contributed by atoms with Crippen molar-refractivity contribution < 1.29 is 4.74 Å². The molecule has 0 unspecified atom stereocenters. The molecule has 0 saturated heterocycles. The normalized spacial score (nSPS) is 10.1. The Balaban J connectivity index is 3.00. The minimum atomic E-state index is 0.346. The zero-order chi connectivity index (χ0) is 8.27. The second-order valence-corrected chi connectivity index (χ2v) is 2.86. The van der Waals surface area contributed by atoms with Gasteiger partial charge >= 0.3 is 0 Å². The summed E-state index contributed by atoms with van der Waals surface area (Å²) in [5.74, 6) is 0. The molecule has 0 spiro atoms. The third-order valence-electron chi connectivity index (χ3n) is 1.31. The Hall–Kier alpha value is -0.240. The third-order valence-corrected chi connectivity index (χ3v) is 2.02. The molecule has 0 N–H and O–H groups in total. The zero-order valence-electron chi connectivity index (χ0n) is 5.81. The van der Waals surface area contributed by atoms with E-state index in [9.17, 15) is 0 Å². The fourth-order valence-corrected chi connectivity index (χ4v) is 1.28. The van der Waals surface area contributed by atoms with Crippen LogP contribution in [0, 0.1) is 7.11 Å². The highest BCUT2D eigenvalue weighted by atomic mass is 35.5. The molecule has 3 heteroatoms. The maximum absolute atomic E-state index is 5.82. The number of benzene rings is 1. The summed E-state index contributed by atoms with van der Waals surface area (Å²) in [6, 6.07) is 5.32. The van der Waals surface area contributed by atoms with Gasteiger partial charge in [-0.15, -0.1) is 0 Å². The Morgan fingerprint density at radius 1 is 1.27 bits per heavy atom. The molecule has 11 heavy (non-hydrogen) atoms. The Bertz CT molecular complexity index is 228. The summed E-state index contributed by atoms with van der Waals surface area (Å²) in [7, 11) is 3.25. The van der Waals surface area contributed by atoms with Crippen LogP contribution in [0.1, 0.15) is 5.56 Å². The Morgan fingerprint density at radius 2 is 1.82 bits per heavy atom. The van der Waals surface area contributed by atoms with Crippen LogP contribution in [0.3, 0.4) is 0 Å². The Kier molecular flexibility index (Phi) is 3.18. The van der Waals surface area contributed by atoms with Gasteiger partial charge in [-0.1, -0.05) is 29.3 Å². The van der Waals surface area contributed by atoms with E-state index < -0.39 is 0 Å². The van der Waals surface area contributed by atoms with E-state index in [1.807, 2.05) is 0 Å². The second-order valence-electron chi connectivity index (χ2n) is 2.05. The van der Waals surface area contributed by atoms with Crippen LogP contribution in [0.4, 0.5) is 0 Å². The van der Waals surface area contributed by atoms with Crippen LogP contribution >= 0.6 is 23.2 Å². The summed E-state index contributed by atoms with van der Waals surface area (Å²) in [6.45, 7) is 0.346. The van der Waals surface area contributed by atoms with Crippen molar-refractivity contribution >= 4 is 23.2 Å². The molecular weight excluding hydrogens is 183 g/mol. The molecule has 1 aromatic carbocycles. The first-order valence-corrected chi connectivity index (χ1v) is 3.81. The van der Waals surface area contributed by atoms with Crippen molar-refractivity contribution in [1.29, 1.82) is 0 Å². The number of hydrogen-bond acceptors (Lipinski definition) is 1. The van der Waals surface area contributed by atoms with Gasteiger partial charge in [0.25, 0.3) is 0 Å². The van der Waals surface area contributed by atoms with Gasteiger partial charge < -0.3 is 4.74 Å². The molecule has 0 aliphatic rings. The van der Waals surface area contributed by atoms with Crippen molar-refractivity contribution in [3.05, 3.63) is 40.9 Å². The van der Waals surface area contributed by atoms with E-state index in [-0.39, 0.29) is 0 Å². The van der Waals surface area contributed by atoms with Crippen molar-refractivity contribution in [2.75, 3.05) is 0 Å². The smallest absolute Gasteiger partial charge is 0.0747 e. The van der Waals surface area contributed by atoms with E-state index in [4.69, 9.17) is 23.2 Å². The minimum Gasteiger partial charge on any atom is -0.374 e. The van der Waals surface area contributed by atoms with Gasteiger partial charge in [-0.2, -0.15) is 0 Å². The van der Waals surface area contributed by atoms with Crippen molar-refractivity contribution in [2.45, 2.75) is 6.61 Å². The average Bonchev–Trinajstić information content (AvgIpc) is 1.97. The molecular formula is C8H7Cl2O. The molecule has 59 valence electrons. The maximum Gasteiger partial charge on any atom is 0.0747 e. The number of halogens is 2. The molecule has 0 amide bonds. The first-order chi connectivity index (χ1) is 5.25. The van der Waals surface area contributed by atoms with Crippen LogP contribution < -0.4 is 0 Å². The molecule has 0 bridgehead atoms. The molecule has 0 aliphatic carbocycles. The lowest BCUT2D eigenvalue weighted by atomic mass is 10.2. The van der Waals surface area contributed by atoms with E-state index in [1.54, 1.807) is 18.2 Å². The van der Waals surface area contributed by atoms with E-state index in [2.05, 4.69) is 11.8 Å². The van der Waals surface area contributed by atoms with E-state index in [0.717, 1.165) is 5.56 Å². The number of ether oxygens (including phenoxy) is 1. The molecule has 1 aromatic rings. The molecule has 0 fully saturated rings. The van der Waals surface area contributed by atoms with Gasteiger partial charge in [0.2, 0.25) is 0 Å². The van der Waals surface area contributed by atoms with Crippen LogP contribution in [0.25, 0.3) is 0 Å². The average molecular weight is 190 g/mol. The lowest BCUT2D eigenvalue weighted by Gasteiger charge is -2.03. The fraction of sp³-hybridized carbons (Fsp3) is 0.125. The second kappa shape index (κ2) is 3.96. The SMILES string of the molecule is [CH2]OCc1c(Cl)cccc1Cl. The van der Waals surface area contributed by atoms with Crippen molar-refractivity contribution in [1.82, 2.24) is 0 Å². The lowest BCUT2D eigenvalue weighted by Crippen LogP contribution is -1.88. The monoisotopic (exact) mass is 189 g/mol. The standard InChI is InChI=1S/C8H7Cl2O/c1-11-5-6-7(9)3-2-4-8(6)10/h2-4H,1,5H2. The summed E-state index contributed by atoms with van der Waals surface area (Å²) >= 11 is 11.6. The molecule has 1 rings (SSSR count). The Morgan fingerprint density at radius 3 is 2.27 bits per heavy atom. The fourth-order valence-electron chi connectivity index (χ4n) is 0.772. The van der Waals surface area contributed by atoms with Crippen molar-refractivity contribution in [2.24, 2.45) is 0 Å². The van der Waals surface area contributed by atoms with Gasteiger partial charge in [0.15, 0.2) is 0 Å². The molecule has 1 radical (unpaired) electrons. The number of rotatable bonds is 2. The number of hydrogen-bond donors (Lipinski definition) is 0. The maximum atomic E-state index is 5.82. The first-order valence-electron chi connectivity index (χ1n) is 3.05. The highest BCUT2D eigenvalue weighted by molar-refractivity contribution is 6.35. The summed E-state index contributed by atoms with van der Waals surface area (Å²) in [6.07, 6.45) is 0. The molecule has 1 nitrogen and oxygen atoms in total. The summed E-state index contributed by atoms with van der Waals surface area (Å²) in [4.78, 5) is 0. The van der Waals surface area contributed by atoms with Gasteiger partial charge in [0.1, 0.15) is 0 Å². The highest BCUT2D eigenvalue weighted by Gasteiger charge is 2.03. The van der Waals surface area contributed by atoms with Crippen molar-refractivity contribution in [3.63, 3.8) is 0 Å². The van der Waals surface area contributed by atoms with Gasteiger partial charge in [-0.25, -0.2) is 0 Å². The predicted molar refractivity (Wildman–Crippen MR) is 46.6 cm³/mol. The van der Waals surface area contributed by atoms with Crippen LogP contribution in [0.5, 0.6) is 0 Å². The van der Waals surface area contributed by atoms with Crippen LogP contribution in [0.15, 0.2) is 18.2 Å². The molecule has 0 aliphatic heterocycles. The topological polar surface area (TPSA) is 9.23 Å². The Labute approximate surface area is 75.9 Å². The first kappa shape index (κ1) is 8.85. The van der Waals surface area contributed by atoms with Crippen LogP contribution in [0.2, 0.25) is 10.0 Å². The highest BCUT2D eigenvalue weighted by Crippen LogP contribution is 2.24. The van der Waals surface area contributed by atoms with Gasteiger partial charge in [0, 0.05) is 15.6 Å². The quantitative estimate of drug-likeness (QED) is 0.695. The molecule has 0 aromatic heterocycles. The largest absolute Gasteiger partial charge is 0.374 e. The van der Waals surface area contributed by atoms with E-state index in [1.165, 1.54) is 0 Å². The summed E-state index contributed by atoms with van der Waals surface area (Å²) < 4.78 is 4.67. The molecule has 0 atom stereocenters. The van der Waals surface area contributed by atoms with Crippen LogP contribution in [-0.2, 0) is 11.3 Å². The van der Waals surface area contributed by atoms with Crippen LogP contribution in [-0.4, -0.2) is 0 Å². The minimum absolute atomic E-state index is 0.346. The lowest BCUT2D eigenvalue weighted by molar-refractivity contribution is 0.229. The molecule has 0 saturated carbocycles. The molecule has 0 heterocycles. The van der Waals surface area contributed by atoms with E-state index >= 15 is 0 Å². The van der Waals surface area contributed by atoms with Gasteiger partial charge in [-0.3, -0.25) is 0 Å². The van der Waals surface area contributed by atoms with Crippen molar-refractivity contribution in [3.8, 4) is 0 Å². The van der Waals surface area contributed by atoms with Gasteiger partial charge in [-0.05, 0) is 12.1 Å². The summed E-state index contributed by atoms with van der Waals surface area (Å²) in [5.41, 5.74) is 0.783.